The summed E-state index contributed by atoms with van der Waals surface area (Å²) >= 11 is 0. The molecule has 156 valence electrons. The van der Waals surface area contributed by atoms with Crippen molar-refractivity contribution in [1.29, 1.82) is 0 Å². The maximum atomic E-state index is 13.3. The van der Waals surface area contributed by atoms with Gasteiger partial charge >= 0.3 is 0 Å². The molecule has 1 aliphatic heterocycles. The van der Waals surface area contributed by atoms with Crippen molar-refractivity contribution in [2.45, 2.75) is 38.5 Å². The van der Waals surface area contributed by atoms with Crippen molar-refractivity contribution in [3.05, 3.63) is 30.1 Å². The predicted molar refractivity (Wildman–Crippen MR) is 103 cm³/mol. The second kappa shape index (κ2) is 9.00. The Labute approximate surface area is 165 Å². The zero-order chi connectivity index (χ0) is 20.9. The van der Waals surface area contributed by atoms with Gasteiger partial charge in [0.15, 0.2) is 0 Å². The Morgan fingerprint density at radius 1 is 1.14 bits per heavy atom. The Morgan fingerprint density at radius 2 is 1.79 bits per heavy atom. The van der Waals surface area contributed by atoms with E-state index in [9.17, 15) is 22.4 Å². The fourth-order valence-electron chi connectivity index (χ4n) is 2.82. The third-order valence-electron chi connectivity index (χ3n) is 4.56. The predicted octanol–water partition coefficient (Wildman–Crippen LogP) is 1.60. The van der Waals surface area contributed by atoms with E-state index in [-0.39, 0.29) is 29.8 Å². The summed E-state index contributed by atoms with van der Waals surface area (Å²) in [5.74, 6) is -0.725. The first-order valence-corrected chi connectivity index (χ1v) is 10.8. The number of nitrogens with zero attached hydrogens (tertiary/aromatic N) is 2. The van der Waals surface area contributed by atoms with E-state index in [2.05, 4.69) is 5.32 Å². The van der Waals surface area contributed by atoms with E-state index in [1.807, 2.05) is 20.8 Å². The quantitative estimate of drug-likeness (QED) is 0.718. The number of hydrogen-bond donors (Lipinski definition) is 1. The molecule has 1 fully saturated rings. The minimum atomic E-state index is -3.77. The van der Waals surface area contributed by atoms with Gasteiger partial charge in [0.05, 0.1) is 4.90 Å². The van der Waals surface area contributed by atoms with Crippen LogP contribution in [0.5, 0.6) is 0 Å². The lowest BCUT2D eigenvalue weighted by Gasteiger charge is -2.34. The molecular formula is C19H28FN3O4S. The standard InChI is InChI=1S/C19H28FN3O4S/c1-19(2,3)18(25)21-9-5-8-17(24)22-10-12-23(13-11-22)28(26,27)16-7-4-6-15(20)14-16/h4,6-7,14H,5,8-13H2,1-3H3,(H,21,25). The molecule has 1 aromatic rings. The highest BCUT2D eigenvalue weighted by atomic mass is 32.2. The molecule has 1 aromatic carbocycles. The molecule has 0 atom stereocenters. The number of sulfonamides is 1. The van der Waals surface area contributed by atoms with Crippen LogP contribution in [0.25, 0.3) is 0 Å². The molecule has 2 rings (SSSR count). The molecule has 0 saturated carbocycles. The summed E-state index contributed by atoms with van der Waals surface area (Å²) in [4.78, 5) is 25.6. The molecule has 9 heteroatoms. The number of benzene rings is 1. The van der Waals surface area contributed by atoms with Crippen molar-refractivity contribution < 1.29 is 22.4 Å². The fourth-order valence-corrected chi connectivity index (χ4v) is 4.27. The van der Waals surface area contributed by atoms with Crippen LogP contribution in [0.4, 0.5) is 4.39 Å². The lowest BCUT2D eigenvalue weighted by Crippen LogP contribution is -2.50. The fraction of sp³-hybridized carbons (Fsp3) is 0.579. The lowest BCUT2D eigenvalue weighted by molar-refractivity contribution is -0.133. The summed E-state index contributed by atoms with van der Waals surface area (Å²) in [6, 6.07) is 4.92. The highest BCUT2D eigenvalue weighted by molar-refractivity contribution is 7.89. The van der Waals surface area contributed by atoms with E-state index in [4.69, 9.17) is 0 Å². The summed E-state index contributed by atoms with van der Waals surface area (Å²) in [5, 5.41) is 2.80. The number of carbonyl (C=O) groups excluding carboxylic acids is 2. The van der Waals surface area contributed by atoms with Gasteiger partial charge in [-0.05, 0) is 24.6 Å². The molecule has 0 aliphatic carbocycles. The molecule has 7 nitrogen and oxygen atoms in total. The largest absolute Gasteiger partial charge is 0.356 e. The molecule has 0 spiro atoms. The molecule has 1 heterocycles. The van der Waals surface area contributed by atoms with Gasteiger partial charge in [0.25, 0.3) is 0 Å². The van der Waals surface area contributed by atoms with E-state index >= 15 is 0 Å². The van der Waals surface area contributed by atoms with Crippen molar-refractivity contribution in [1.82, 2.24) is 14.5 Å². The Balaban J connectivity index is 1.80. The molecule has 1 aliphatic rings. The summed E-state index contributed by atoms with van der Waals surface area (Å²) in [7, 11) is -3.77. The molecule has 0 aromatic heterocycles. The topological polar surface area (TPSA) is 86.8 Å². The van der Waals surface area contributed by atoms with Crippen LogP contribution in [0.1, 0.15) is 33.6 Å². The van der Waals surface area contributed by atoms with E-state index < -0.39 is 21.3 Å². The minimum absolute atomic E-state index is 0.0591. The number of amides is 2. The number of hydrogen-bond acceptors (Lipinski definition) is 4. The third-order valence-corrected chi connectivity index (χ3v) is 6.45. The van der Waals surface area contributed by atoms with E-state index in [0.29, 0.717) is 32.5 Å². The second-order valence-electron chi connectivity index (χ2n) is 7.85. The molecule has 0 radical (unpaired) electrons. The highest BCUT2D eigenvalue weighted by Gasteiger charge is 2.30. The second-order valence-corrected chi connectivity index (χ2v) is 9.79. The van der Waals surface area contributed by atoms with Crippen LogP contribution in [-0.2, 0) is 19.6 Å². The Hall–Kier alpha value is -2.00. The van der Waals surface area contributed by atoms with Crippen molar-refractivity contribution >= 4 is 21.8 Å². The number of halogens is 1. The third kappa shape index (κ3) is 5.75. The molecule has 28 heavy (non-hydrogen) atoms. The van der Waals surface area contributed by atoms with Crippen LogP contribution in [0.15, 0.2) is 29.2 Å². The average molecular weight is 414 g/mol. The van der Waals surface area contributed by atoms with E-state index in [1.54, 1.807) is 4.90 Å². The number of piperazine rings is 1. The van der Waals surface area contributed by atoms with E-state index in [0.717, 1.165) is 6.07 Å². The maximum absolute atomic E-state index is 13.3. The molecule has 1 N–H and O–H groups in total. The van der Waals surface area contributed by atoms with Crippen molar-refractivity contribution in [2.24, 2.45) is 5.41 Å². The van der Waals surface area contributed by atoms with Crippen LogP contribution in [0, 0.1) is 11.2 Å². The SMILES string of the molecule is CC(C)(C)C(=O)NCCCC(=O)N1CCN(S(=O)(=O)c2cccc(F)c2)CC1. The first-order chi connectivity index (χ1) is 13.0. The normalized spacial score (nSPS) is 16.1. The Morgan fingerprint density at radius 3 is 2.36 bits per heavy atom. The molecule has 2 amide bonds. The van der Waals surface area contributed by atoms with Gasteiger partial charge in [-0.3, -0.25) is 9.59 Å². The van der Waals surface area contributed by atoms with Crippen LogP contribution >= 0.6 is 0 Å². The smallest absolute Gasteiger partial charge is 0.243 e. The molecule has 0 bridgehead atoms. The van der Waals surface area contributed by atoms with Gasteiger partial charge in [-0.25, -0.2) is 12.8 Å². The number of carbonyl (C=O) groups is 2. The zero-order valence-electron chi connectivity index (χ0n) is 16.6. The average Bonchev–Trinajstić information content (AvgIpc) is 2.64. The lowest BCUT2D eigenvalue weighted by atomic mass is 9.96. The van der Waals surface area contributed by atoms with E-state index in [1.165, 1.54) is 22.5 Å². The van der Waals surface area contributed by atoms with Gasteiger partial charge in [-0.1, -0.05) is 26.8 Å². The van der Waals surface area contributed by atoms with Crippen LogP contribution in [0.3, 0.4) is 0 Å². The molecule has 1 saturated heterocycles. The summed E-state index contributed by atoms with van der Waals surface area (Å²) < 4.78 is 39.8. The van der Waals surface area contributed by atoms with Gasteiger partial charge in [0, 0.05) is 44.6 Å². The van der Waals surface area contributed by atoms with Crippen molar-refractivity contribution in [3.8, 4) is 0 Å². The Bertz CT molecular complexity index is 813. The van der Waals surface area contributed by atoms with Crippen LogP contribution < -0.4 is 5.32 Å². The highest BCUT2D eigenvalue weighted by Crippen LogP contribution is 2.19. The van der Waals surface area contributed by atoms with Gasteiger partial charge in [-0.15, -0.1) is 0 Å². The minimum Gasteiger partial charge on any atom is -0.356 e. The number of rotatable bonds is 6. The summed E-state index contributed by atoms with van der Waals surface area (Å²) in [5.41, 5.74) is -0.465. The maximum Gasteiger partial charge on any atom is 0.243 e. The Kier molecular flexibility index (Phi) is 7.16. The van der Waals surface area contributed by atoms with Gasteiger partial charge in [0.2, 0.25) is 21.8 Å². The molecular weight excluding hydrogens is 385 g/mol. The van der Waals surface area contributed by atoms with Gasteiger partial charge in [0.1, 0.15) is 5.82 Å². The van der Waals surface area contributed by atoms with Crippen molar-refractivity contribution in [2.75, 3.05) is 32.7 Å². The summed E-state index contributed by atoms with van der Waals surface area (Å²) in [6.45, 7) is 6.83. The number of nitrogens with one attached hydrogen (secondary N) is 1. The van der Waals surface area contributed by atoms with Gasteiger partial charge in [-0.2, -0.15) is 4.31 Å². The first kappa shape index (κ1) is 22.3. The molecule has 0 unspecified atom stereocenters. The van der Waals surface area contributed by atoms with Gasteiger partial charge < -0.3 is 10.2 Å². The van der Waals surface area contributed by atoms with Crippen molar-refractivity contribution in [3.63, 3.8) is 0 Å². The van der Waals surface area contributed by atoms with Crippen LogP contribution in [-0.4, -0.2) is 62.2 Å². The first-order valence-electron chi connectivity index (χ1n) is 9.33. The zero-order valence-corrected chi connectivity index (χ0v) is 17.4. The summed E-state index contributed by atoms with van der Waals surface area (Å²) in [6.07, 6.45) is 0.823. The monoisotopic (exact) mass is 413 g/mol. The van der Waals surface area contributed by atoms with Crippen LogP contribution in [0.2, 0.25) is 0 Å².